The van der Waals surface area contributed by atoms with Crippen molar-refractivity contribution in [3.63, 3.8) is 0 Å². The van der Waals surface area contributed by atoms with Gasteiger partial charge in [0.2, 0.25) is 0 Å². The molecule has 0 fully saturated rings. The molecule has 0 heterocycles. The Morgan fingerprint density at radius 3 is 1.56 bits per heavy atom. The molecule has 0 amide bonds. The van der Waals surface area contributed by atoms with E-state index < -0.39 is 0 Å². The first-order chi connectivity index (χ1) is 7.88. The van der Waals surface area contributed by atoms with Crippen LogP contribution in [0.1, 0.15) is 24.0 Å². The van der Waals surface area contributed by atoms with Crippen LogP contribution < -0.4 is 0 Å². The average molecular weight is 208 g/mol. The summed E-state index contributed by atoms with van der Waals surface area (Å²) in [4.78, 5) is 0. The molecule has 1 aliphatic carbocycles. The first-order valence-electron chi connectivity index (χ1n) is 5.60. The molecule has 3 rings (SSSR count). The van der Waals surface area contributed by atoms with Gasteiger partial charge in [-0.3, -0.25) is 0 Å². The Labute approximate surface area is 97.9 Å². The quantitative estimate of drug-likeness (QED) is 0.599. The highest BCUT2D eigenvalue weighted by Crippen LogP contribution is 2.43. The lowest BCUT2D eigenvalue weighted by atomic mass is 10.00. The Bertz CT molecular complexity index is 437. The van der Waals surface area contributed by atoms with Crippen LogP contribution in [0.4, 0.5) is 0 Å². The number of hydrogen-bond acceptors (Lipinski definition) is 0. The Morgan fingerprint density at radius 1 is 0.750 bits per heavy atom. The average Bonchev–Trinajstić information content (AvgIpc) is 2.67. The van der Waals surface area contributed by atoms with Crippen LogP contribution in [0.25, 0.3) is 11.1 Å². The third-order valence-electron chi connectivity index (χ3n) is 2.96. The summed E-state index contributed by atoms with van der Waals surface area (Å²) in [7, 11) is 0. The van der Waals surface area contributed by atoms with Crippen molar-refractivity contribution in [2.45, 2.75) is 12.8 Å². The lowest BCUT2D eigenvalue weighted by Crippen LogP contribution is -1.88. The summed E-state index contributed by atoms with van der Waals surface area (Å²) >= 11 is 0. The highest BCUT2D eigenvalue weighted by atomic mass is 14.3. The van der Waals surface area contributed by atoms with Gasteiger partial charge in [-0.05, 0) is 29.2 Å². The highest BCUT2D eigenvalue weighted by Gasteiger charge is 2.23. The van der Waals surface area contributed by atoms with Crippen molar-refractivity contribution in [3.05, 3.63) is 73.5 Å². The van der Waals surface area contributed by atoms with Gasteiger partial charge in [0.1, 0.15) is 0 Å². The van der Waals surface area contributed by atoms with Crippen molar-refractivity contribution in [2.24, 2.45) is 0 Å². The second-order valence-corrected chi connectivity index (χ2v) is 3.73. The van der Waals surface area contributed by atoms with E-state index in [4.69, 9.17) is 0 Å². The fourth-order valence-electron chi connectivity index (χ4n) is 2.26. The van der Waals surface area contributed by atoms with Crippen molar-refractivity contribution < 1.29 is 0 Å². The summed E-state index contributed by atoms with van der Waals surface area (Å²) in [5, 5.41) is 0. The maximum atomic E-state index is 4.22. The maximum absolute atomic E-state index is 4.22. The van der Waals surface area contributed by atoms with Crippen molar-refractivity contribution >= 4 is 0 Å². The zero-order chi connectivity index (χ0) is 11.5. The molecule has 2 aromatic carbocycles. The zero-order valence-corrected chi connectivity index (χ0v) is 9.61. The van der Waals surface area contributed by atoms with Crippen LogP contribution in [0.2, 0.25) is 0 Å². The van der Waals surface area contributed by atoms with E-state index in [-0.39, 0.29) is 0 Å². The first kappa shape index (κ1) is 10.9. The molecule has 0 aliphatic heterocycles. The summed E-state index contributed by atoms with van der Waals surface area (Å²) < 4.78 is 0. The fraction of sp³-hybridized carbons (Fsp3) is 0.125. The van der Waals surface area contributed by atoms with Gasteiger partial charge in [-0.2, -0.15) is 0 Å². The lowest BCUT2D eigenvalue weighted by molar-refractivity contribution is 1.07. The van der Waals surface area contributed by atoms with E-state index in [1.54, 1.807) is 6.92 Å². The van der Waals surface area contributed by atoms with E-state index in [2.05, 4.69) is 62.4 Å². The van der Waals surface area contributed by atoms with Crippen LogP contribution >= 0.6 is 0 Å². The van der Waals surface area contributed by atoms with Gasteiger partial charge < -0.3 is 0 Å². The van der Waals surface area contributed by atoms with Crippen LogP contribution in [0.15, 0.2) is 48.5 Å². The summed E-state index contributed by atoms with van der Waals surface area (Å²) in [5.74, 6) is 0.308. The van der Waals surface area contributed by atoms with Crippen molar-refractivity contribution in [1.82, 2.24) is 0 Å². The molecule has 0 aromatic heterocycles. The minimum absolute atomic E-state index is 0.308. The SMILES string of the molecule is [CH2]C.[CH2]C1c2ccccc2-c2ccccc21. The third-order valence-corrected chi connectivity index (χ3v) is 2.96. The minimum Gasteiger partial charge on any atom is -0.0654 e. The molecular formula is C16H16. The predicted octanol–water partition coefficient (Wildman–Crippen LogP) is 4.47. The Kier molecular flexibility index (Phi) is 3.09. The number of hydrogen-bond donors (Lipinski definition) is 0. The predicted molar refractivity (Wildman–Crippen MR) is 70.1 cm³/mol. The topological polar surface area (TPSA) is 0 Å². The van der Waals surface area contributed by atoms with Crippen LogP contribution in [0.3, 0.4) is 0 Å². The van der Waals surface area contributed by atoms with E-state index in [9.17, 15) is 0 Å². The molecule has 0 nitrogen and oxygen atoms in total. The second kappa shape index (κ2) is 4.52. The van der Waals surface area contributed by atoms with E-state index in [0.717, 1.165) is 0 Å². The molecule has 0 unspecified atom stereocenters. The van der Waals surface area contributed by atoms with Crippen LogP contribution in [-0.2, 0) is 0 Å². The smallest absolute Gasteiger partial charge is 0.0102 e. The summed E-state index contributed by atoms with van der Waals surface area (Å²) in [6, 6.07) is 17.1. The van der Waals surface area contributed by atoms with Crippen molar-refractivity contribution in [3.8, 4) is 11.1 Å². The van der Waals surface area contributed by atoms with Crippen molar-refractivity contribution in [2.75, 3.05) is 0 Å². The Hall–Kier alpha value is -1.56. The number of benzene rings is 2. The molecule has 0 spiro atoms. The Balaban J connectivity index is 0.000000457. The molecule has 0 heteroatoms. The van der Waals surface area contributed by atoms with Gasteiger partial charge in [0.25, 0.3) is 0 Å². The monoisotopic (exact) mass is 208 g/mol. The molecule has 0 atom stereocenters. The van der Waals surface area contributed by atoms with Gasteiger partial charge in [0.05, 0.1) is 0 Å². The highest BCUT2D eigenvalue weighted by molar-refractivity contribution is 5.78. The number of fused-ring (bicyclic) bond motifs is 3. The molecule has 0 saturated heterocycles. The number of rotatable bonds is 0. The normalized spacial score (nSPS) is 12.4. The molecule has 0 bridgehead atoms. The van der Waals surface area contributed by atoms with E-state index in [1.165, 1.54) is 22.3 Å². The Morgan fingerprint density at radius 2 is 1.12 bits per heavy atom. The third kappa shape index (κ3) is 1.55. The molecule has 16 heavy (non-hydrogen) atoms. The van der Waals surface area contributed by atoms with Crippen molar-refractivity contribution in [1.29, 1.82) is 0 Å². The minimum atomic E-state index is 0.308. The van der Waals surface area contributed by atoms with Gasteiger partial charge in [-0.15, -0.1) is 0 Å². The molecule has 0 saturated carbocycles. The van der Waals surface area contributed by atoms with Gasteiger partial charge >= 0.3 is 0 Å². The molecular weight excluding hydrogens is 192 g/mol. The largest absolute Gasteiger partial charge is 0.0654 e. The molecule has 2 aromatic rings. The van der Waals surface area contributed by atoms with E-state index in [1.807, 2.05) is 0 Å². The van der Waals surface area contributed by atoms with Gasteiger partial charge in [0, 0.05) is 5.92 Å². The summed E-state index contributed by atoms with van der Waals surface area (Å²) in [6.07, 6.45) is 0. The van der Waals surface area contributed by atoms with Gasteiger partial charge in [0.15, 0.2) is 0 Å². The van der Waals surface area contributed by atoms with Crippen LogP contribution in [0, 0.1) is 13.8 Å². The molecule has 1 aliphatic rings. The van der Waals surface area contributed by atoms with Crippen LogP contribution in [-0.4, -0.2) is 0 Å². The molecule has 80 valence electrons. The summed E-state index contributed by atoms with van der Waals surface area (Å²) in [6.45, 7) is 9.22. The first-order valence-corrected chi connectivity index (χ1v) is 5.60. The second-order valence-electron chi connectivity index (χ2n) is 3.73. The van der Waals surface area contributed by atoms with E-state index >= 15 is 0 Å². The molecule has 2 radical (unpaired) electrons. The van der Waals surface area contributed by atoms with Crippen LogP contribution in [0.5, 0.6) is 0 Å². The standard InChI is InChI=1S/C14H11.C2H5/c1-10-11-6-2-4-8-13(11)14-9-5-3-7-12(10)14;1-2/h2-10H,1H2;1H2,2H3. The van der Waals surface area contributed by atoms with E-state index in [0.29, 0.717) is 5.92 Å². The maximum Gasteiger partial charge on any atom is 0.0102 e. The summed E-state index contributed by atoms with van der Waals surface area (Å²) in [5.41, 5.74) is 5.41. The lowest BCUT2D eigenvalue weighted by Gasteiger charge is -2.04. The van der Waals surface area contributed by atoms with Gasteiger partial charge in [-0.1, -0.05) is 62.4 Å². The van der Waals surface area contributed by atoms with Gasteiger partial charge in [-0.25, -0.2) is 0 Å². The molecule has 0 N–H and O–H groups in total. The zero-order valence-electron chi connectivity index (χ0n) is 9.61. The fourth-order valence-corrected chi connectivity index (χ4v) is 2.26.